The second-order valence-electron chi connectivity index (χ2n) is 7.45. The van der Waals surface area contributed by atoms with Crippen LogP contribution in [0.1, 0.15) is 27.0 Å². The maximum atomic E-state index is 13.0. The molecule has 2 atom stereocenters. The third kappa shape index (κ3) is 6.64. The molecule has 0 aromatic heterocycles. The van der Waals surface area contributed by atoms with E-state index in [2.05, 4.69) is 10.6 Å². The fraction of sp³-hybridized carbons (Fsp3) is 0.192. The molecule has 0 unspecified atom stereocenters. The highest BCUT2D eigenvalue weighted by molar-refractivity contribution is 5.98. The molecule has 31 heavy (non-hydrogen) atoms. The number of benzene rings is 3. The molecular weight excluding hydrogens is 388 g/mol. The van der Waals surface area contributed by atoms with Crippen LogP contribution in [0.3, 0.4) is 0 Å². The van der Waals surface area contributed by atoms with Gasteiger partial charge in [-0.1, -0.05) is 78.4 Å². The van der Waals surface area contributed by atoms with Crippen LogP contribution in [0.2, 0.25) is 0 Å². The van der Waals surface area contributed by atoms with Crippen molar-refractivity contribution in [2.75, 3.05) is 0 Å². The minimum absolute atomic E-state index is 0.307. The second kappa shape index (κ2) is 10.9. The first-order valence-corrected chi connectivity index (χ1v) is 10.2. The summed E-state index contributed by atoms with van der Waals surface area (Å²) in [5.74, 6) is -0.761. The Labute approximate surface area is 182 Å². The molecule has 2 amide bonds. The quantitative estimate of drug-likeness (QED) is 0.566. The number of hydrogen-bond donors (Lipinski definition) is 2. The van der Waals surface area contributed by atoms with Gasteiger partial charge in [-0.05, 0) is 30.2 Å². The molecule has 3 aromatic carbocycles. The third-order valence-electron chi connectivity index (χ3n) is 4.93. The van der Waals surface area contributed by atoms with E-state index in [-0.39, 0.29) is 5.91 Å². The van der Waals surface area contributed by atoms with Crippen LogP contribution >= 0.6 is 0 Å². The van der Waals surface area contributed by atoms with E-state index < -0.39 is 18.0 Å². The van der Waals surface area contributed by atoms with E-state index in [0.29, 0.717) is 18.4 Å². The van der Waals surface area contributed by atoms with Gasteiger partial charge in [0.1, 0.15) is 6.04 Å². The topological polar surface area (TPSA) is 75.3 Å². The Morgan fingerprint density at radius 3 is 2.00 bits per heavy atom. The monoisotopic (exact) mass is 413 g/mol. The zero-order valence-corrected chi connectivity index (χ0v) is 17.4. The Balaban J connectivity index is 1.75. The molecule has 0 aliphatic rings. The van der Waals surface area contributed by atoms with Gasteiger partial charge >= 0.3 is 0 Å². The summed E-state index contributed by atoms with van der Waals surface area (Å²) in [6.07, 6.45) is 2.54. The highest BCUT2D eigenvalue weighted by Crippen LogP contribution is 2.08. The first-order valence-electron chi connectivity index (χ1n) is 10.2. The summed E-state index contributed by atoms with van der Waals surface area (Å²) < 4.78 is 0. The summed E-state index contributed by atoms with van der Waals surface area (Å²) >= 11 is 0. The number of aryl methyl sites for hydroxylation is 1. The molecule has 2 N–H and O–H groups in total. The predicted octanol–water partition coefficient (Wildman–Crippen LogP) is 3.17. The van der Waals surface area contributed by atoms with Gasteiger partial charge in [-0.2, -0.15) is 0 Å². The fourth-order valence-corrected chi connectivity index (χ4v) is 3.33. The van der Waals surface area contributed by atoms with Crippen LogP contribution in [0.4, 0.5) is 0 Å². The number of rotatable bonds is 9. The van der Waals surface area contributed by atoms with Crippen molar-refractivity contribution in [1.82, 2.24) is 10.6 Å². The fourth-order valence-electron chi connectivity index (χ4n) is 3.33. The van der Waals surface area contributed by atoms with Crippen molar-refractivity contribution in [2.24, 2.45) is 0 Å². The summed E-state index contributed by atoms with van der Waals surface area (Å²) in [4.78, 5) is 37.3. The van der Waals surface area contributed by atoms with Gasteiger partial charge in [0.15, 0.2) is 0 Å². The predicted molar refractivity (Wildman–Crippen MR) is 120 cm³/mol. The average molecular weight is 413 g/mol. The van der Waals surface area contributed by atoms with Crippen LogP contribution in [-0.4, -0.2) is 30.2 Å². The molecular formula is C26H25N2O3. The number of hydrogen-bond acceptors (Lipinski definition) is 3. The second-order valence-corrected chi connectivity index (χ2v) is 7.45. The van der Waals surface area contributed by atoms with Crippen LogP contribution in [0.15, 0.2) is 84.9 Å². The number of amides is 2. The third-order valence-corrected chi connectivity index (χ3v) is 4.93. The smallest absolute Gasteiger partial charge is 0.251 e. The van der Waals surface area contributed by atoms with Gasteiger partial charge in [-0.25, -0.2) is 0 Å². The molecule has 3 aromatic rings. The number of carbonyl (C=O) groups excluding carboxylic acids is 3. The largest absolute Gasteiger partial charge is 0.344 e. The lowest BCUT2D eigenvalue weighted by molar-refractivity contribution is -0.123. The van der Waals surface area contributed by atoms with Crippen molar-refractivity contribution in [3.63, 3.8) is 0 Å². The van der Waals surface area contributed by atoms with Crippen LogP contribution in [-0.2, 0) is 22.4 Å². The Morgan fingerprint density at radius 1 is 0.806 bits per heavy atom. The zero-order valence-electron chi connectivity index (χ0n) is 17.4. The molecule has 0 aliphatic carbocycles. The normalized spacial score (nSPS) is 12.4. The SMILES string of the molecule is Cc1cccc(C(=O)N[C@@H](Cc2ccccc2)C(=O)N[C@H]([C]=O)Cc2ccccc2)c1. The molecule has 1 radical (unpaired) electrons. The Morgan fingerprint density at radius 2 is 1.42 bits per heavy atom. The van der Waals surface area contributed by atoms with Crippen molar-refractivity contribution >= 4 is 18.1 Å². The summed E-state index contributed by atoms with van der Waals surface area (Å²) in [6.45, 7) is 1.90. The Bertz CT molecular complexity index is 1020. The summed E-state index contributed by atoms with van der Waals surface area (Å²) in [5.41, 5.74) is 3.25. The van der Waals surface area contributed by atoms with Crippen LogP contribution in [0.25, 0.3) is 0 Å². The molecule has 0 spiro atoms. The van der Waals surface area contributed by atoms with E-state index in [0.717, 1.165) is 16.7 Å². The highest BCUT2D eigenvalue weighted by atomic mass is 16.2. The van der Waals surface area contributed by atoms with Crippen molar-refractivity contribution in [3.8, 4) is 0 Å². The van der Waals surface area contributed by atoms with Gasteiger partial charge in [-0.15, -0.1) is 0 Å². The van der Waals surface area contributed by atoms with E-state index in [9.17, 15) is 14.4 Å². The van der Waals surface area contributed by atoms with Gasteiger partial charge in [-0.3, -0.25) is 14.4 Å². The number of carbonyl (C=O) groups is 2. The summed E-state index contributed by atoms with van der Waals surface area (Å²) in [6, 6.07) is 24.4. The molecule has 0 saturated heterocycles. The van der Waals surface area contributed by atoms with E-state index in [1.807, 2.05) is 79.9 Å². The van der Waals surface area contributed by atoms with Gasteiger partial charge in [0, 0.05) is 18.4 Å². The van der Waals surface area contributed by atoms with E-state index in [1.165, 1.54) is 0 Å². The van der Waals surface area contributed by atoms with Crippen molar-refractivity contribution in [1.29, 1.82) is 0 Å². The molecule has 0 aliphatic heterocycles. The van der Waals surface area contributed by atoms with Gasteiger partial charge in [0.05, 0.1) is 6.04 Å². The molecule has 0 saturated carbocycles. The Hall–Kier alpha value is -3.73. The molecule has 0 fully saturated rings. The minimum atomic E-state index is -0.831. The number of nitrogens with one attached hydrogen (secondary N) is 2. The van der Waals surface area contributed by atoms with Crippen molar-refractivity contribution in [3.05, 3.63) is 107 Å². The minimum Gasteiger partial charge on any atom is -0.344 e. The lowest BCUT2D eigenvalue weighted by Gasteiger charge is -2.21. The van der Waals surface area contributed by atoms with Crippen LogP contribution in [0, 0.1) is 6.92 Å². The first kappa shape index (κ1) is 22.0. The lowest BCUT2D eigenvalue weighted by Crippen LogP contribution is -2.51. The molecule has 5 nitrogen and oxygen atoms in total. The summed E-state index contributed by atoms with van der Waals surface area (Å²) in [5, 5.41) is 5.55. The van der Waals surface area contributed by atoms with Crippen molar-refractivity contribution in [2.45, 2.75) is 31.8 Å². The zero-order chi connectivity index (χ0) is 22.1. The highest BCUT2D eigenvalue weighted by Gasteiger charge is 2.24. The lowest BCUT2D eigenvalue weighted by atomic mass is 10.0. The van der Waals surface area contributed by atoms with Gasteiger partial charge in [0.25, 0.3) is 5.91 Å². The van der Waals surface area contributed by atoms with E-state index >= 15 is 0 Å². The van der Waals surface area contributed by atoms with Crippen molar-refractivity contribution < 1.29 is 14.4 Å². The standard InChI is InChI=1S/C26H25N2O3/c1-19-9-8-14-22(15-19)25(30)28-24(17-21-12-6-3-7-13-21)26(31)27-23(18-29)16-20-10-4-2-5-11-20/h2-15,23-24H,16-17H2,1H3,(H,27,31)(H,28,30)/t23-,24-/m0/s1. The average Bonchev–Trinajstić information content (AvgIpc) is 2.79. The van der Waals surface area contributed by atoms with Gasteiger partial charge < -0.3 is 10.6 Å². The maximum Gasteiger partial charge on any atom is 0.251 e. The van der Waals surface area contributed by atoms with E-state index in [4.69, 9.17) is 0 Å². The summed E-state index contributed by atoms with van der Waals surface area (Å²) in [7, 11) is 0. The molecule has 157 valence electrons. The van der Waals surface area contributed by atoms with Crippen LogP contribution < -0.4 is 10.6 Å². The molecule has 3 rings (SSSR count). The molecule has 5 heteroatoms. The van der Waals surface area contributed by atoms with Gasteiger partial charge in [0.2, 0.25) is 12.2 Å². The Kier molecular flexibility index (Phi) is 7.71. The molecule has 0 bridgehead atoms. The van der Waals surface area contributed by atoms with Crippen LogP contribution in [0.5, 0.6) is 0 Å². The molecule has 0 heterocycles. The maximum absolute atomic E-state index is 13.0. The van der Waals surface area contributed by atoms with E-state index in [1.54, 1.807) is 18.2 Å². The first-order chi connectivity index (χ1) is 15.0.